The van der Waals surface area contributed by atoms with Gasteiger partial charge in [0.25, 0.3) is 0 Å². The zero-order valence-corrected chi connectivity index (χ0v) is 16.6. The molecule has 0 aliphatic carbocycles. The van der Waals surface area contributed by atoms with Gasteiger partial charge in [0.15, 0.2) is 0 Å². The first kappa shape index (κ1) is 21.2. The largest absolute Gasteiger partial charge is 0.465 e. The first-order valence-electron chi connectivity index (χ1n) is 9.05. The van der Waals surface area contributed by atoms with Crippen LogP contribution >= 0.6 is 0 Å². The highest BCUT2D eigenvalue weighted by Crippen LogP contribution is 2.21. The van der Waals surface area contributed by atoms with Gasteiger partial charge in [0.05, 0.1) is 31.0 Å². The molecule has 1 amide bonds. The number of carbonyl (C=O) groups excluding carboxylic acids is 3. The standard InChI is InChI=1S/C22H25NO5/c1-14(2)16-8-5-15(6-9-16)7-12-20(24)23-19-13-17(21(25)27-3)10-11-18(19)22(26)28-4/h5-6,8-11,13-14H,7,12H2,1-4H3,(H,23,24). The Morgan fingerprint density at radius 3 is 2.14 bits per heavy atom. The third kappa shape index (κ3) is 5.42. The van der Waals surface area contributed by atoms with E-state index in [0.29, 0.717) is 12.3 Å². The van der Waals surface area contributed by atoms with Crippen molar-refractivity contribution in [2.45, 2.75) is 32.6 Å². The summed E-state index contributed by atoms with van der Waals surface area (Å²) in [7, 11) is 2.52. The van der Waals surface area contributed by atoms with Crippen LogP contribution < -0.4 is 5.32 Å². The van der Waals surface area contributed by atoms with E-state index in [4.69, 9.17) is 4.74 Å². The van der Waals surface area contributed by atoms with Crippen molar-refractivity contribution >= 4 is 23.5 Å². The Morgan fingerprint density at radius 2 is 1.57 bits per heavy atom. The lowest BCUT2D eigenvalue weighted by Crippen LogP contribution is -2.16. The fourth-order valence-corrected chi connectivity index (χ4v) is 2.72. The Kier molecular flexibility index (Phi) is 7.32. The topological polar surface area (TPSA) is 81.7 Å². The quantitative estimate of drug-likeness (QED) is 0.732. The molecule has 28 heavy (non-hydrogen) atoms. The van der Waals surface area contributed by atoms with E-state index in [1.54, 1.807) is 0 Å². The summed E-state index contributed by atoms with van der Waals surface area (Å²) in [5, 5.41) is 2.70. The fourth-order valence-electron chi connectivity index (χ4n) is 2.72. The lowest BCUT2D eigenvalue weighted by molar-refractivity contribution is -0.116. The van der Waals surface area contributed by atoms with Crippen LogP contribution in [0.4, 0.5) is 5.69 Å². The molecule has 0 aliphatic rings. The second-order valence-corrected chi connectivity index (χ2v) is 6.69. The van der Waals surface area contributed by atoms with E-state index in [1.165, 1.54) is 38.0 Å². The lowest BCUT2D eigenvalue weighted by atomic mass is 10.0. The number of ether oxygens (including phenoxy) is 2. The molecule has 0 spiro atoms. The van der Waals surface area contributed by atoms with Gasteiger partial charge in [-0.05, 0) is 41.7 Å². The fraction of sp³-hybridized carbons (Fsp3) is 0.318. The Hall–Kier alpha value is -3.15. The van der Waals surface area contributed by atoms with E-state index < -0.39 is 11.9 Å². The smallest absolute Gasteiger partial charge is 0.339 e. The number of esters is 2. The molecule has 0 fully saturated rings. The first-order chi connectivity index (χ1) is 13.3. The van der Waals surface area contributed by atoms with Crippen LogP contribution in [0.5, 0.6) is 0 Å². The Labute approximate surface area is 164 Å². The second-order valence-electron chi connectivity index (χ2n) is 6.69. The van der Waals surface area contributed by atoms with Crippen LogP contribution in [0.2, 0.25) is 0 Å². The van der Waals surface area contributed by atoms with Gasteiger partial charge < -0.3 is 14.8 Å². The van der Waals surface area contributed by atoms with Gasteiger partial charge in [-0.15, -0.1) is 0 Å². The molecule has 0 saturated carbocycles. The van der Waals surface area contributed by atoms with Gasteiger partial charge in [-0.2, -0.15) is 0 Å². The van der Waals surface area contributed by atoms with Gasteiger partial charge >= 0.3 is 11.9 Å². The average Bonchev–Trinajstić information content (AvgIpc) is 2.71. The van der Waals surface area contributed by atoms with E-state index >= 15 is 0 Å². The minimum atomic E-state index is -0.601. The number of amides is 1. The van der Waals surface area contributed by atoms with Crippen molar-refractivity contribution in [2.24, 2.45) is 0 Å². The van der Waals surface area contributed by atoms with E-state index in [-0.39, 0.29) is 29.1 Å². The van der Waals surface area contributed by atoms with Crippen molar-refractivity contribution in [1.29, 1.82) is 0 Å². The summed E-state index contributed by atoms with van der Waals surface area (Å²) in [6, 6.07) is 12.4. The minimum absolute atomic E-state index is 0.171. The van der Waals surface area contributed by atoms with Crippen molar-refractivity contribution < 1.29 is 23.9 Å². The van der Waals surface area contributed by atoms with Crippen molar-refractivity contribution in [1.82, 2.24) is 0 Å². The zero-order chi connectivity index (χ0) is 20.7. The highest BCUT2D eigenvalue weighted by molar-refractivity contribution is 6.03. The number of anilines is 1. The summed E-state index contributed by atoms with van der Waals surface area (Å²) < 4.78 is 9.43. The summed E-state index contributed by atoms with van der Waals surface area (Å²) >= 11 is 0. The SMILES string of the molecule is COC(=O)c1ccc(C(=O)OC)c(NC(=O)CCc2ccc(C(C)C)cc2)c1. The van der Waals surface area contributed by atoms with Crippen molar-refractivity contribution in [3.63, 3.8) is 0 Å². The molecule has 2 aromatic carbocycles. The van der Waals surface area contributed by atoms with Gasteiger partial charge in [-0.1, -0.05) is 38.1 Å². The summed E-state index contributed by atoms with van der Waals surface area (Å²) in [6.07, 6.45) is 0.804. The first-order valence-corrected chi connectivity index (χ1v) is 9.05. The van der Waals surface area contributed by atoms with Gasteiger partial charge in [-0.3, -0.25) is 4.79 Å². The Balaban J connectivity index is 2.10. The molecule has 148 valence electrons. The van der Waals surface area contributed by atoms with Gasteiger partial charge in [0.1, 0.15) is 0 Å². The predicted octanol–water partition coefficient (Wildman–Crippen LogP) is 3.95. The maximum atomic E-state index is 12.4. The molecule has 0 atom stereocenters. The molecule has 0 unspecified atom stereocenters. The minimum Gasteiger partial charge on any atom is -0.465 e. The number of hydrogen-bond donors (Lipinski definition) is 1. The number of rotatable bonds is 7. The molecule has 0 heterocycles. The molecular weight excluding hydrogens is 358 g/mol. The predicted molar refractivity (Wildman–Crippen MR) is 107 cm³/mol. The van der Waals surface area contributed by atoms with E-state index in [1.807, 2.05) is 12.1 Å². The number of methoxy groups -OCH3 is 2. The van der Waals surface area contributed by atoms with Gasteiger partial charge in [0, 0.05) is 6.42 Å². The third-order valence-electron chi connectivity index (χ3n) is 4.41. The van der Waals surface area contributed by atoms with Crippen LogP contribution in [0.15, 0.2) is 42.5 Å². The molecule has 6 heteroatoms. The maximum Gasteiger partial charge on any atom is 0.339 e. The molecule has 6 nitrogen and oxygen atoms in total. The molecule has 0 radical (unpaired) electrons. The maximum absolute atomic E-state index is 12.4. The average molecular weight is 383 g/mol. The van der Waals surface area contributed by atoms with Crippen LogP contribution in [-0.2, 0) is 20.7 Å². The number of nitrogens with one attached hydrogen (secondary N) is 1. The number of hydrogen-bond acceptors (Lipinski definition) is 5. The molecular formula is C22H25NO5. The van der Waals surface area contributed by atoms with Crippen LogP contribution in [-0.4, -0.2) is 32.1 Å². The summed E-state index contributed by atoms with van der Waals surface area (Å²) in [6.45, 7) is 4.26. The Morgan fingerprint density at radius 1 is 0.929 bits per heavy atom. The molecule has 0 bridgehead atoms. The zero-order valence-electron chi connectivity index (χ0n) is 16.6. The molecule has 2 rings (SSSR count). The molecule has 1 N–H and O–H groups in total. The molecule has 2 aromatic rings. The van der Waals surface area contributed by atoms with E-state index in [9.17, 15) is 14.4 Å². The lowest BCUT2D eigenvalue weighted by Gasteiger charge is -2.12. The van der Waals surface area contributed by atoms with Crippen LogP contribution in [0, 0.1) is 0 Å². The van der Waals surface area contributed by atoms with Crippen LogP contribution in [0.1, 0.15) is 58.0 Å². The summed E-state index contributed by atoms with van der Waals surface area (Å²) in [5.41, 5.74) is 2.92. The van der Waals surface area contributed by atoms with Crippen LogP contribution in [0.25, 0.3) is 0 Å². The van der Waals surface area contributed by atoms with Crippen molar-refractivity contribution in [2.75, 3.05) is 19.5 Å². The summed E-state index contributed by atoms with van der Waals surface area (Å²) in [5.74, 6) is -0.968. The number of benzene rings is 2. The highest BCUT2D eigenvalue weighted by atomic mass is 16.5. The summed E-state index contributed by atoms with van der Waals surface area (Å²) in [4.78, 5) is 36.1. The number of carbonyl (C=O) groups is 3. The van der Waals surface area contributed by atoms with Crippen LogP contribution in [0.3, 0.4) is 0 Å². The Bertz CT molecular complexity index is 856. The van der Waals surface area contributed by atoms with E-state index in [0.717, 1.165) is 5.56 Å². The highest BCUT2D eigenvalue weighted by Gasteiger charge is 2.17. The molecule has 0 saturated heterocycles. The van der Waals surface area contributed by atoms with Crippen molar-refractivity contribution in [3.8, 4) is 0 Å². The normalized spacial score (nSPS) is 10.5. The third-order valence-corrected chi connectivity index (χ3v) is 4.41. The van der Waals surface area contributed by atoms with Gasteiger partial charge in [0.2, 0.25) is 5.91 Å². The molecule has 0 aliphatic heterocycles. The van der Waals surface area contributed by atoms with Gasteiger partial charge in [-0.25, -0.2) is 9.59 Å². The second kappa shape index (κ2) is 9.69. The van der Waals surface area contributed by atoms with Crippen molar-refractivity contribution in [3.05, 3.63) is 64.7 Å². The monoisotopic (exact) mass is 383 g/mol. The van der Waals surface area contributed by atoms with E-state index in [2.05, 4.69) is 36.0 Å². The number of aryl methyl sites for hydroxylation is 1. The molecule has 0 aromatic heterocycles.